The maximum absolute atomic E-state index is 6.49. The number of hydrogen-bond acceptors (Lipinski definition) is 3. The molecule has 0 saturated heterocycles. The van der Waals surface area contributed by atoms with Crippen molar-refractivity contribution < 1.29 is 4.74 Å². The van der Waals surface area contributed by atoms with E-state index in [-0.39, 0.29) is 5.41 Å². The van der Waals surface area contributed by atoms with Gasteiger partial charge in [-0.2, -0.15) is 0 Å². The third-order valence-electron chi connectivity index (χ3n) is 10.4. The highest BCUT2D eigenvalue weighted by molar-refractivity contribution is 7.25. The van der Waals surface area contributed by atoms with Gasteiger partial charge in [-0.05, 0) is 63.6 Å². The molecule has 0 saturated carbocycles. The second-order valence-electron chi connectivity index (χ2n) is 13.2. The van der Waals surface area contributed by atoms with Crippen molar-refractivity contribution in [1.29, 1.82) is 0 Å². The molecule has 2 aliphatic heterocycles. The molecule has 0 bridgehead atoms. The molecule has 6 aromatic carbocycles. The molecule has 0 atom stereocenters. The van der Waals surface area contributed by atoms with E-state index in [1.165, 1.54) is 81.2 Å². The van der Waals surface area contributed by atoms with Crippen LogP contribution in [0.1, 0.15) is 25.0 Å². The number of anilines is 3. The van der Waals surface area contributed by atoms with E-state index >= 15 is 0 Å². The Kier molecular flexibility index (Phi) is 4.62. The molecular formula is C41H26BN2OS. The van der Waals surface area contributed by atoms with Crippen LogP contribution in [-0.4, -0.2) is 12.3 Å². The Morgan fingerprint density at radius 1 is 0.717 bits per heavy atom. The van der Waals surface area contributed by atoms with E-state index in [2.05, 4.69) is 146 Å². The van der Waals surface area contributed by atoms with Crippen molar-refractivity contribution in [2.75, 3.05) is 4.90 Å². The van der Waals surface area contributed by atoms with Gasteiger partial charge in [0.2, 0.25) is 0 Å². The van der Waals surface area contributed by atoms with E-state index in [0.29, 0.717) is 0 Å². The van der Waals surface area contributed by atoms with Crippen molar-refractivity contribution in [3.05, 3.63) is 126 Å². The number of para-hydroxylation sites is 4. The van der Waals surface area contributed by atoms with Crippen molar-refractivity contribution in [2.24, 2.45) is 0 Å². The lowest BCUT2D eigenvalue weighted by Crippen LogP contribution is -2.43. The molecule has 46 heavy (non-hydrogen) atoms. The number of fused-ring (bicyclic) bond motifs is 12. The number of thiophene rings is 1. The normalized spacial score (nSPS) is 14.8. The summed E-state index contributed by atoms with van der Waals surface area (Å²) >= 11 is 1.85. The standard InChI is InChI=1S/C41H26BN2OS/c1-41(2)27-15-5-3-11-22(27)26-21-30-37(42-28-16-10-19-32-39(28)44(30)29-17-6-7-18-31(29)45-32)35(36(26)41)25-14-9-13-24-34-23-12-4-8-20-33(23)46-40(34)43-38(24)25/h3-21,43H,1-2H3. The van der Waals surface area contributed by atoms with Crippen LogP contribution in [-0.2, 0) is 5.41 Å². The number of ether oxygens (including phenoxy) is 1. The van der Waals surface area contributed by atoms with Gasteiger partial charge in [-0.25, -0.2) is 0 Å². The average molecular weight is 606 g/mol. The lowest BCUT2D eigenvalue weighted by atomic mass is 9.56. The molecule has 3 nitrogen and oxygen atoms in total. The average Bonchev–Trinajstić information content (AvgIpc) is 3.70. The van der Waals surface area contributed by atoms with Gasteiger partial charge in [-0.3, -0.25) is 0 Å². The summed E-state index contributed by atoms with van der Waals surface area (Å²) in [5, 5.41) is 3.92. The molecule has 0 spiro atoms. The molecule has 1 N–H and O–H groups in total. The van der Waals surface area contributed by atoms with Gasteiger partial charge in [-0.1, -0.05) is 104 Å². The van der Waals surface area contributed by atoms with Crippen LogP contribution < -0.4 is 20.6 Å². The summed E-state index contributed by atoms with van der Waals surface area (Å²) < 4.78 is 7.81. The maximum Gasteiger partial charge on any atom is 0.198 e. The van der Waals surface area contributed by atoms with Crippen LogP contribution in [0.2, 0.25) is 0 Å². The molecule has 0 amide bonds. The van der Waals surface area contributed by atoms with Gasteiger partial charge in [0.1, 0.15) is 4.83 Å². The maximum atomic E-state index is 6.49. The summed E-state index contributed by atoms with van der Waals surface area (Å²) in [6.45, 7) is 4.79. The second kappa shape index (κ2) is 8.51. The molecule has 0 fully saturated rings. The van der Waals surface area contributed by atoms with Crippen LogP contribution in [0.4, 0.5) is 17.1 Å². The van der Waals surface area contributed by atoms with Crippen molar-refractivity contribution in [1.82, 2.24) is 4.98 Å². The monoisotopic (exact) mass is 605 g/mol. The molecule has 4 heterocycles. The lowest BCUT2D eigenvalue weighted by molar-refractivity contribution is 0.477. The smallest absolute Gasteiger partial charge is 0.198 e. The quantitative estimate of drug-likeness (QED) is 0.189. The Balaban J connectivity index is 1.30. The van der Waals surface area contributed by atoms with Gasteiger partial charge in [-0.15, -0.1) is 11.3 Å². The summed E-state index contributed by atoms with van der Waals surface area (Å²) in [6.07, 6.45) is 0. The summed E-state index contributed by atoms with van der Waals surface area (Å²) in [5.74, 6) is 1.76. The first kappa shape index (κ1) is 25.0. The lowest BCUT2D eigenvalue weighted by Gasteiger charge is -2.40. The zero-order chi connectivity index (χ0) is 30.3. The molecule has 5 heteroatoms. The van der Waals surface area contributed by atoms with E-state index in [1.54, 1.807) is 0 Å². The highest BCUT2D eigenvalue weighted by atomic mass is 32.1. The van der Waals surface area contributed by atoms with Gasteiger partial charge >= 0.3 is 0 Å². The Morgan fingerprint density at radius 3 is 2.43 bits per heavy atom. The molecule has 8 aromatic rings. The Labute approximate surface area is 270 Å². The van der Waals surface area contributed by atoms with E-state index in [4.69, 9.17) is 4.74 Å². The predicted octanol–water partition coefficient (Wildman–Crippen LogP) is 10.1. The topological polar surface area (TPSA) is 28.3 Å². The number of H-pyrrole nitrogens is 1. The van der Waals surface area contributed by atoms with Gasteiger partial charge in [0.05, 0.1) is 16.9 Å². The molecular weight excluding hydrogens is 579 g/mol. The highest BCUT2D eigenvalue weighted by Crippen LogP contribution is 2.57. The van der Waals surface area contributed by atoms with Gasteiger partial charge < -0.3 is 14.6 Å². The molecule has 1 aliphatic carbocycles. The molecule has 1 radical (unpaired) electrons. The predicted molar refractivity (Wildman–Crippen MR) is 194 cm³/mol. The number of nitrogens with one attached hydrogen (secondary N) is 1. The molecule has 3 aliphatic rings. The number of hydrogen-bond donors (Lipinski definition) is 1. The van der Waals surface area contributed by atoms with Gasteiger partial charge in [0.15, 0.2) is 18.8 Å². The van der Waals surface area contributed by atoms with E-state index in [0.717, 1.165) is 22.9 Å². The van der Waals surface area contributed by atoms with Crippen LogP contribution in [0.5, 0.6) is 11.5 Å². The molecule has 0 unspecified atom stereocenters. The van der Waals surface area contributed by atoms with Crippen LogP contribution >= 0.6 is 11.3 Å². The van der Waals surface area contributed by atoms with Gasteiger partial charge in [0.25, 0.3) is 0 Å². The number of benzene rings is 6. The number of aromatic nitrogens is 1. The summed E-state index contributed by atoms with van der Waals surface area (Å²) in [6, 6.07) is 41.9. The number of nitrogens with zero attached hydrogens (tertiary/aromatic N) is 1. The summed E-state index contributed by atoms with van der Waals surface area (Å²) in [4.78, 5) is 7.60. The third kappa shape index (κ3) is 3.00. The fraction of sp³-hybridized carbons (Fsp3) is 0.0732. The first-order chi connectivity index (χ1) is 22.6. The van der Waals surface area contributed by atoms with Crippen LogP contribution in [0, 0.1) is 0 Å². The first-order valence-electron chi connectivity index (χ1n) is 15.9. The Morgan fingerprint density at radius 2 is 1.48 bits per heavy atom. The molecule has 2 aromatic heterocycles. The van der Waals surface area contributed by atoms with Crippen molar-refractivity contribution >= 4 is 77.8 Å². The third-order valence-corrected chi connectivity index (χ3v) is 11.5. The SMILES string of the molecule is CC1(C)c2ccccc2-c2cc3c(c(-c4cccc5c4[nH]c4sc6ccccc6c45)c21)[B]c1cccc2c1N3c1ccccc1O2. The van der Waals surface area contributed by atoms with Crippen molar-refractivity contribution in [3.63, 3.8) is 0 Å². The largest absolute Gasteiger partial charge is 0.453 e. The summed E-state index contributed by atoms with van der Waals surface area (Å²) in [5.41, 5.74) is 14.7. The minimum absolute atomic E-state index is 0.187. The molecule has 215 valence electrons. The molecule has 11 rings (SSSR count). The van der Waals surface area contributed by atoms with Crippen LogP contribution in [0.3, 0.4) is 0 Å². The van der Waals surface area contributed by atoms with E-state index in [9.17, 15) is 0 Å². The Bertz CT molecular complexity index is 2640. The zero-order valence-corrected chi connectivity index (χ0v) is 26.1. The van der Waals surface area contributed by atoms with Gasteiger partial charge in [0, 0.05) is 37.5 Å². The van der Waals surface area contributed by atoms with E-state index < -0.39 is 0 Å². The number of rotatable bonds is 1. The second-order valence-corrected chi connectivity index (χ2v) is 14.2. The highest BCUT2D eigenvalue weighted by Gasteiger charge is 2.43. The fourth-order valence-electron chi connectivity index (χ4n) is 8.52. The van der Waals surface area contributed by atoms with E-state index in [1.807, 2.05) is 11.3 Å². The number of aromatic amines is 1. The minimum atomic E-state index is -0.187. The Hall–Kier alpha value is -5.26. The van der Waals surface area contributed by atoms with Crippen LogP contribution in [0.25, 0.3) is 53.5 Å². The van der Waals surface area contributed by atoms with Crippen molar-refractivity contribution in [3.8, 4) is 33.8 Å². The van der Waals surface area contributed by atoms with Crippen LogP contribution in [0.15, 0.2) is 115 Å². The summed E-state index contributed by atoms with van der Waals surface area (Å²) in [7, 11) is 2.40. The minimum Gasteiger partial charge on any atom is -0.453 e. The fourth-order valence-corrected chi connectivity index (χ4v) is 9.64. The zero-order valence-electron chi connectivity index (χ0n) is 25.3. The van der Waals surface area contributed by atoms with Crippen molar-refractivity contribution in [2.45, 2.75) is 19.3 Å². The first-order valence-corrected chi connectivity index (χ1v) is 16.7.